The molecule has 0 bridgehead atoms. The fraction of sp³-hybridized carbons (Fsp3) is 0.533. The first kappa shape index (κ1) is 14.5. The molecular formula is C15H23N3O2. The van der Waals surface area contributed by atoms with Gasteiger partial charge in [0.2, 0.25) is 0 Å². The van der Waals surface area contributed by atoms with E-state index in [1.165, 1.54) is 12.8 Å². The van der Waals surface area contributed by atoms with Crippen molar-refractivity contribution >= 4 is 11.5 Å². The van der Waals surface area contributed by atoms with E-state index in [0.717, 1.165) is 36.4 Å². The number of nitrogens with two attached hydrogens (primary N) is 1. The van der Waals surface area contributed by atoms with Crippen molar-refractivity contribution in [3.05, 3.63) is 23.8 Å². The minimum atomic E-state index is 0.143. The highest BCUT2D eigenvalue weighted by molar-refractivity contribution is 6.02. The SMILES string of the molecule is CCCCN(c1cc(OC)ccc1/C(N)=N/O)C1CC1. The van der Waals surface area contributed by atoms with Gasteiger partial charge in [-0.15, -0.1) is 0 Å². The van der Waals surface area contributed by atoms with Crippen molar-refractivity contribution in [2.75, 3.05) is 18.6 Å². The summed E-state index contributed by atoms with van der Waals surface area (Å²) in [6.45, 7) is 3.17. The molecule has 1 aromatic carbocycles. The van der Waals surface area contributed by atoms with Gasteiger partial charge >= 0.3 is 0 Å². The van der Waals surface area contributed by atoms with Crippen molar-refractivity contribution in [2.45, 2.75) is 38.6 Å². The van der Waals surface area contributed by atoms with E-state index in [1.807, 2.05) is 18.2 Å². The maximum atomic E-state index is 8.96. The van der Waals surface area contributed by atoms with Crippen LogP contribution in [0.3, 0.4) is 0 Å². The van der Waals surface area contributed by atoms with Crippen LogP contribution in [-0.2, 0) is 0 Å². The zero-order chi connectivity index (χ0) is 14.5. The number of benzene rings is 1. The van der Waals surface area contributed by atoms with Crippen LogP contribution in [-0.4, -0.2) is 30.7 Å². The number of methoxy groups -OCH3 is 1. The van der Waals surface area contributed by atoms with E-state index < -0.39 is 0 Å². The van der Waals surface area contributed by atoms with Crippen LogP contribution in [0.15, 0.2) is 23.4 Å². The van der Waals surface area contributed by atoms with Crippen molar-refractivity contribution in [1.29, 1.82) is 0 Å². The lowest BCUT2D eigenvalue weighted by Crippen LogP contribution is -2.29. The largest absolute Gasteiger partial charge is 0.497 e. The molecule has 5 nitrogen and oxygen atoms in total. The minimum Gasteiger partial charge on any atom is -0.497 e. The van der Waals surface area contributed by atoms with Crippen molar-refractivity contribution in [2.24, 2.45) is 10.9 Å². The van der Waals surface area contributed by atoms with Crippen LogP contribution < -0.4 is 15.4 Å². The van der Waals surface area contributed by atoms with E-state index >= 15 is 0 Å². The highest BCUT2D eigenvalue weighted by atomic mass is 16.5. The quantitative estimate of drug-likeness (QED) is 0.348. The van der Waals surface area contributed by atoms with Gasteiger partial charge in [0.15, 0.2) is 5.84 Å². The van der Waals surface area contributed by atoms with Crippen LogP contribution in [0.5, 0.6) is 5.75 Å². The summed E-state index contributed by atoms with van der Waals surface area (Å²) in [7, 11) is 1.65. The molecule has 0 atom stereocenters. The van der Waals surface area contributed by atoms with Crippen LogP contribution >= 0.6 is 0 Å². The second kappa shape index (κ2) is 6.50. The molecule has 0 saturated heterocycles. The molecule has 0 aromatic heterocycles. The zero-order valence-electron chi connectivity index (χ0n) is 12.2. The zero-order valence-corrected chi connectivity index (χ0v) is 12.2. The monoisotopic (exact) mass is 277 g/mol. The van der Waals surface area contributed by atoms with Gasteiger partial charge in [0.05, 0.1) is 12.8 Å². The first-order valence-electron chi connectivity index (χ1n) is 7.13. The number of rotatable bonds is 7. The van der Waals surface area contributed by atoms with E-state index in [9.17, 15) is 0 Å². The van der Waals surface area contributed by atoms with Crippen molar-refractivity contribution in [1.82, 2.24) is 0 Å². The fourth-order valence-electron chi connectivity index (χ4n) is 2.36. The lowest BCUT2D eigenvalue weighted by Gasteiger charge is -2.27. The fourth-order valence-corrected chi connectivity index (χ4v) is 2.36. The number of ether oxygens (including phenoxy) is 1. The van der Waals surface area contributed by atoms with Gasteiger partial charge in [-0.1, -0.05) is 18.5 Å². The summed E-state index contributed by atoms with van der Waals surface area (Å²) in [5.74, 6) is 0.932. The van der Waals surface area contributed by atoms with Crippen LogP contribution in [0.25, 0.3) is 0 Å². The molecule has 1 aromatic rings. The maximum Gasteiger partial charge on any atom is 0.172 e. The van der Waals surface area contributed by atoms with Gasteiger partial charge in [0, 0.05) is 24.2 Å². The van der Waals surface area contributed by atoms with Gasteiger partial charge in [-0.05, 0) is 31.4 Å². The molecule has 0 unspecified atom stereocenters. The second-order valence-corrected chi connectivity index (χ2v) is 5.15. The van der Waals surface area contributed by atoms with E-state index in [2.05, 4.69) is 17.0 Å². The average molecular weight is 277 g/mol. The highest BCUT2D eigenvalue weighted by Gasteiger charge is 2.30. The summed E-state index contributed by atoms with van der Waals surface area (Å²) in [5.41, 5.74) is 7.56. The molecule has 0 radical (unpaired) electrons. The summed E-state index contributed by atoms with van der Waals surface area (Å²) >= 11 is 0. The smallest absolute Gasteiger partial charge is 0.172 e. The standard InChI is InChI=1S/C15H23N3O2/c1-3-4-9-18(11-5-6-11)14-10-12(20-2)7-8-13(14)15(16)17-19/h7-8,10-11,19H,3-6,9H2,1-2H3,(H2,16,17). The molecule has 0 heterocycles. The van der Waals surface area contributed by atoms with Crippen LogP contribution in [0.4, 0.5) is 5.69 Å². The Hall–Kier alpha value is -1.91. The Morgan fingerprint density at radius 3 is 2.80 bits per heavy atom. The number of anilines is 1. The molecule has 2 rings (SSSR count). The Bertz CT molecular complexity index is 484. The van der Waals surface area contributed by atoms with Gasteiger partial charge in [0.1, 0.15) is 5.75 Å². The van der Waals surface area contributed by atoms with Gasteiger partial charge in [-0.3, -0.25) is 0 Å². The first-order chi connectivity index (χ1) is 9.71. The normalized spacial score (nSPS) is 15.2. The van der Waals surface area contributed by atoms with E-state index in [-0.39, 0.29) is 5.84 Å². The summed E-state index contributed by atoms with van der Waals surface area (Å²) in [5, 5.41) is 12.1. The van der Waals surface area contributed by atoms with Crippen LogP contribution in [0.2, 0.25) is 0 Å². The molecule has 110 valence electrons. The molecule has 3 N–H and O–H groups in total. The van der Waals surface area contributed by atoms with Crippen LogP contribution in [0, 0.1) is 0 Å². The third-order valence-corrected chi connectivity index (χ3v) is 3.64. The third-order valence-electron chi connectivity index (χ3n) is 3.64. The van der Waals surface area contributed by atoms with Crippen LogP contribution in [0.1, 0.15) is 38.2 Å². The number of hydrogen-bond donors (Lipinski definition) is 2. The second-order valence-electron chi connectivity index (χ2n) is 5.15. The lowest BCUT2D eigenvalue weighted by atomic mass is 10.1. The molecule has 5 heteroatoms. The molecule has 20 heavy (non-hydrogen) atoms. The molecule has 0 spiro atoms. The molecule has 1 aliphatic carbocycles. The summed E-state index contributed by atoms with van der Waals surface area (Å²) in [6.07, 6.45) is 4.68. The van der Waals surface area contributed by atoms with Gasteiger partial charge in [-0.25, -0.2) is 0 Å². The van der Waals surface area contributed by atoms with Gasteiger partial charge in [-0.2, -0.15) is 0 Å². The Balaban J connectivity index is 2.38. The van der Waals surface area contributed by atoms with E-state index in [1.54, 1.807) is 7.11 Å². The number of unbranched alkanes of at least 4 members (excludes halogenated alkanes) is 1. The third kappa shape index (κ3) is 3.15. The Morgan fingerprint density at radius 2 is 2.25 bits per heavy atom. The highest BCUT2D eigenvalue weighted by Crippen LogP contribution is 2.35. The summed E-state index contributed by atoms with van der Waals surface area (Å²) in [6, 6.07) is 6.23. The number of oxime groups is 1. The summed E-state index contributed by atoms with van der Waals surface area (Å²) < 4.78 is 5.31. The van der Waals surface area contributed by atoms with Crippen molar-refractivity contribution < 1.29 is 9.94 Å². The first-order valence-corrected chi connectivity index (χ1v) is 7.13. The van der Waals surface area contributed by atoms with E-state index in [4.69, 9.17) is 15.7 Å². The van der Waals surface area contributed by atoms with Gasteiger partial charge in [0.25, 0.3) is 0 Å². The minimum absolute atomic E-state index is 0.143. The van der Waals surface area contributed by atoms with Crippen molar-refractivity contribution in [3.63, 3.8) is 0 Å². The molecular weight excluding hydrogens is 254 g/mol. The lowest BCUT2D eigenvalue weighted by molar-refractivity contribution is 0.318. The Kier molecular flexibility index (Phi) is 4.71. The number of nitrogens with zero attached hydrogens (tertiary/aromatic N) is 2. The van der Waals surface area contributed by atoms with E-state index in [0.29, 0.717) is 6.04 Å². The average Bonchev–Trinajstić information content (AvgIpc) is 3.31. The number of amidine groups is 1. The summed E-state index contributed by atoms with van der Waals surface area (Å²) in [4.78, 5) is 2.36. The Morgan fingerprint density at radius 1 is 1.50 bits per heavy atom. The Labute approximate surface area is 120 Å². The molecule has 1 aliphatic rings. The molecule has 1 saturated carbocycles. The van der Waals surface area contributed by atoms with Gasteiger partial charge < -0.3 is 20.6 Å². The predicted molar refractivity (Wildman–Crippen MR) is 80.8 cm³/mol. The molecule has 1 fully saturated rings. The van der Waals surface area contributed by atoms with Crippen molar-refractivity contribution in [3.8, 4) is 5.75 Å². The molecule has 0 aliphatic heterocycles. The number of hydrogen-bond acceptors (Lipinski definition) is 4. The molecule has 0 amide bonds. The predicted octanol–water partition coefficient (Wildman–Crippen LogP) is 2.56. The topological polar surface area (TPSA) is 71.1 Å². The maximum absolute atomic E-state index is 8.96.